The van der Waals surface area contributed by atoms with Gasteiger partial charge in [-0.2, -0.15) is 10.5 Å². The van der Waals surface area contributed by atoms with Gasteiger partial charge in [-0.15, -0.1) is 0 Å². The molecule has 13 heavy (non-hydrogen) atoms. The first kappa shape index (κ1) is 9.18. The van der Waals surface area contributed by atoms with Gasteiger partial charge in [0.15, 0.2) is 0 Å². The number of aromatic nitrogens is 1. The zero-order valence-corrected chi connectivity index (χ0v) is 6.94. The third-order valence-corrected chi connectivity index (χ3v) is 1.61. The van der Waals surface area contributed by atoms with Crippen LogP contribution in [0.1, 0.15) is 23.7 Å². The molecular formula is C9H8N4. The second-order valence-corrected chi connectivity index (χ2v) is 2.55. The highest BCUT2D eigenvalue weighted by molar-refractivity contribution is 5.27. The van der Waals surface area contributed by atoms with Crippen LogP contribution in [0.4, 0.5) is 0 Å². The summed E-state index contributed by atoms with van der Waals surface area (Å²) in [7, 11) is 0. The van der Waals surface area contributed by atoms with Crippen LogP contribution >= 0.6 is 0 Å². The Morgan fingerprint density at radius 1 is 1.46 bits per heavy atom. The molecule has 1 unspecified atom stereocenters. The maximum atomic E-state index is 8.50. The van der Waals surface area contributed by atoms with Crippen molar-refractivity contribution < 1.29 is 0 Å². The van der Waals surface area contributed by atoms with Crippen LogP contribution in [0.15, 0.2) is 18.3 Å². The predicted octanol–water partition coefficient (Wildman–Crippen LogP) is 0.867. The van der Waals surface area contributed by atoms with E-state index in [1.54, 1.807) is 12.1 Å². The maximum absolute atomic E-state index is 8.50. The number of nitrogens with zero attached hydrogens (tertiary/aromatic N) is 3. The van der Waals surface area contributed by atoms with E-state index in [2.05, 4.69) is 4.98 Å². The molecule has 0 spiro atoms. The normalized spacial score (nSPS) is 11.3. The van der Waals surface area contributed by atoms with Crippen LogP contribution in [-0.2, 0) is 0 Å². The highest BCUT2D eigenvalue weighted by atomic mass is 14.8. The van der Waals surface area contributed by atoms with Crippen molar-refractivity contribution >= 4 is 0 Å². The fraction of sp³-hybridized carbons (Fsp3) is 0.222. The minimum atomic E-state index is -0.363. The topological polar surface area (TPSA) is 86.5 Å². The van der Waals surface area contributed by atoms with Crippen LogP contribution in [0.3, 0.4) is 0 Å². The lowest BCUT2D eigenvalue weighted by Gasteiger charge is -2.05. The van der Waals surface area contributed by atoms with Crippen LogP contribution in [0, 0.1) is 22.7 Å². The molecule has 64 valence electrons. The molecular weight excluding hydrogens is 164 g/mol. The average Bonchev–Trinajstić information content (AvgIpc) is 2.18. The van der Waals surface area contributed by atoms with Gasteiger partial charge in [0.1, 0.15) is 6.07 Å². The molecule has 0 aliphatic carbocycles. The smallest absolute Gasteiger partial charge is 0.101 e. The lowest BCUT2D eigenvalue weighted by molar-refractivity contribution is 0.720. The van der Waals surface area contributed by atoms with E-state index in [0.717, 1.165) is 0 Å². The molecule has 0 aliphatic rings. The highest BCUT2D eigenvalue weighted by Crippen LogP contribution is 2.10. The molecule has 0 radical (unpaired) electrons. The van der Waals surface area contributed by atoms with Crippen molar-refractivity contribution in [2.75, 3.05) is 0 Å². The van der Waals surface area contributed by atoms with E-state index in [4.69, 9.17) is 16.3 Å². The van der Waals surface area contributed by atoms with E-state index < -0.39 is 0 Å². The molecule has 0 fully saturated rings. The summed E-state index contributed by atoms with van der Waals surface area (Å²) in [4.78, 5) is 3.97. The standard InChI is InChI=1S/C9H8N4/c10-4-3-8(12)9-2-1-7(5-11)6-13-9/h1-2,6,8H,3,12H2. The molecule has 1 heterocycles. The van der Waals surface area contributed by atoms with Gasteiger partial charge in [0, 0.05) is 6.20 Å². The summed E-state index contributed by atoms with van der Waals surface area (Å²) >= 11 is 0. The maximum Gasteiger partial charge on any atom is 0.101 e. The van der Waals surface area contributed by atoms with Crippen LogP contribution in [0.5, 0.6) is 0 Å². The number of nitriles is 2. The Morgan fingerprint density at radius 2 is 2.23 bits per heavy atom. The Morgan fingerprint density at radius 3 is 2.69 bits per heavy atom. The molecule has 1 aromatic heterocycles. The SMILES string of the molecule is N#CCC(N)c1ccc(C#N)cn1. The van der Waals surface area contributed by atoms with E-state index in [-0.39, 0.29) is 12.5 Å². The summed E-state index contributed by atoms with van der Waals surface area (Å²) in [5, 5.41) is 16.9. The number of hydrogen-bond donors (Lipinski definition) is 1. The first-order valence-corrected chi connectivity index (χ1v) is 3.76. The van der Waals surface area contributed by atoms with Crippen molar-refractivity contribution in [3.63, 3.8) is 0 Å². The predicted molar refractivity (Wildman–Crippen MR) is 46.1 cm³/mol. The molecule has 0 aromatic carbocycles. The largest absolute Gasteiger partial charge is 0.322 e. The van der Waals surface area contributed by atoms with Gasteiger partial charge in [-0.05, 0) is 12.1 Å². The van der Waals surface area contributed by atoms with Crippen molar-refractivity contribution in [1.82, 2.24) is 4.98 Å². The van der Waals surface area contributed by atoms with E-state index >= 15 is 0 Å². The van der Waals surface area contributed by atoms with Gasteiger partial charge in [-0.25, -0.2) is 0 Å². The van der Waals surface area contributed by atoms with Crippen LogP contribution in [0.25, 0.3) is 0 Å². The van der Waals surface area contributed by atoms with Crippen molar-refractivity contribution in [3.05, 3.63) is 29.6 Å². The fourth-order valence-electron chi connectivity index (χ4n) is 0.894. The quantitative estimate of drug-likeness (QED) is 0.716. The molecule has 0 saturated carbocycles. The Balaban J connectivity index is 2.82. The summed E-state index contributed by atoms with van der Waals surface area (Å²) in [6.45, 7) is 0. The number of rotatable bonds is 2. The first-order chi connectivity index (χ1) is 6.27. The summed E-state index contributed by atoms with van der Waals surface area (Å²) in [6.07, 6.45) is 1.69. The van der Waals surface area contributed by atoms with E-state index in [9.17, 15) is 0 Å². The highest BCUT2D eigenvalue weighted by Gasteiger charge is 2.05. The summed E-state index contributed by atoms with van der Waals surface area (Å²) in [5.74, 6) is 0. The van der Waals surface area contributed by atoms with Gasteiger partial charge in [-0.1, -0.05) is 0 Å². The van der Waals surface area contributed by atoms with Crippen LogP contribution in [0.2, 0.25) is 0 Å². The molecule has 1 atom stereocenters. The Hall–Kier alpha value is -1.91. The second kappa shape index (κ2) is 4.20. The minimum absolute atomic E-state index is 0.235. The van der Waals surface area contributed by atoms with Gasteiger partial charge >= 0.3 is 0 Å². The Bertz CT molecular complexity index is 355. The summed E-state index contributed by atoms with van der Waals surface area (Å²) < 4.78 is 0. The number of nitrogens with two attached hydrogens (primary N) is 1. The fourth-order valence-corrected chi connectivity index (χ4v) is 0.894. The lowest BCUT2D eigenvalue weighted by Crippen LogP contribution is -2.10. The third kappa shape index (κ3) is 2.26. The van der Waals surface area contributed by atoms with Crippen molar-refractivity contribution in [2.24, 2.45) is 5.73 Å². The Labute approximate surface area is 76.2 Å². The van der Waals surface area contributed by atoms with Gasteiger partial charge in [0.25, 0.3) is 0 Å². The van der Waals surface area contributed by atoms with Gasteiger partial charge in [0.2, 0.25) is 0 Å². The number of hydrogen-bond acceptors (Lipinski definition) is 4. The van der Waals surface area contributed by atoms with Gasteiger partial charge in [0.05, 0.1) is 29.8 Å². The van der Waals surface area contributed by atoms with Crippen LogP contribution in [-0.4, -0.2) is 4.98 Å². The summed E-state index contributed by atoms with van der Waals surface area (Å²) in [6, 6.07) is 6.86. The summed E-state index contributed by atoms with van der Waals surface area (Å²) in [5.41, 5.74) is 6.76. The third-order valence-electron chi connectivity index (χ3n) is 1.61. The lowest BCUT2D eigenvalue weighted by atomic mass is 10.1. The zero-order valence-electron chi connectivity index (χ0n) is 6.94. The molecule has 0 saturated heterocycles. The van der Waals surface area contributed by atoms with Crippen molar-refractivity contribution in [2.45, 2.75) is 12.5 Å². The zero-order chi connectivity index (χ0) is 9.68. The molecule has 0 amide bonds. The molecule has 4 nitrogen and oxygen atoms in total. The molecule has 2 N–H and O–H groups in total. The first-order valence-electron chi connectivity index (χ1n) is 3.76. The molecule has 1 aromatic rings. The average molecular weight is 172 g/mol. The van der Waals surface area contributed by atoms with Crippen LogP contribution < -0.4 is 5.73 Å². The Kier molecular flexibility index (Phi) is 2.97. The van der Waals surface area contributed by atoms with E-state index in [0.29, 0.717) is 11.3 Å². The van der Waals surface area contributed by atoms with Gasteiger partial charge in [-0.3, -0.25) is 4.98 Å². The minimum Gasteiger partial charge on any atom is -0.322 e. The van der Waals surface area contributed by atoms with E-state index in [1.165, 1.54) is 6.20 Å². The molecule has 0 bridgehead atoms. The molecule has 0 aliphatic heterocycles. The van der Waals surface area contributed by atoms with Crippen molar-refractivity contribution in [3.8, 4) is 12.1 Å². The van der Waals surface area contributed by atoms with E-state index in [1.807, 2.05) is 12.1 Å². The molecule has 4 heteroatoms. The monoisotopic (exact) mass is 172 g/mol. The molecule has 1 rings (SSSR count). The van der Waals surface area contributed by atoms with Gasteiger partial charge < -0.3 is 5.73 Å². The second-order valence-electron chi connectivity index (χ2n) is 2.55. The number of pyridine rings is 1. The van der Waals surface area contributed by atoms with Crippen molar-refractivity contribution in [1.29, 1.82) is 10.5 Å².